The summed E-state index contributed by atoms with van der Waals surface area (Å²) >= 11 is 0. The Labute approximate surface area is 224 Å². The van der Waals surface area contributed by atoms with Gasteiger partial charge in [0.05, 0.1) is 11.0 Å². The molecule has 0 aliphatic heterocycles. The van der Waals surface area contributed by atoms with E-state index in [-0.39, 0.29) is 11.2 Å². The zero-order valence-corrected chi connectivity index (χ0v) is 21.4. The van der Waals surface area contributed by atoms with Gasteiger partial charge in [0.15, 0.2) is 11.4 Å². The highest BCUT2D eigenvalue weighted by atomic mass is 16.4. The molecule has 184 valence electrons. The molecule has 39 heavy (non-hydrogen) atoms. The van der Waals surface area contributed by atoms with Gasteiger partial charge in [-0.25, -0.2) is 0 Å². The lowest BCUT2D eigenvalue weighted by Crippen LogP contribution is -2.14. The Bertz CT molecular complexity index is 2230. The summed E-state index contributed by atoms with van der Waals surface area (Å²) in [4.78, 5) is 18.1. The molecular weight excluding hydrogens is 480 g/mol. The van der Waals surface area contributed by atoms with E-state index in [1.165, 1.54) is 27.6 Å². The lowest BCUT2D eigenvalue weighted by Gasteiger charge is -2.21. The van der Waals surface area contributed by atoms with Gasteiger partial charge in [-0.3, -0.25) is 9.36 Å². The average Bonchev–Trinajstić information content (AvgIpc) is 3.65. The molecule has 2 aliphatic carbocycles. The molecule has 0 radical (unpaired) electrons. The van der Waals surface area contributed by atoms with E-state index in [1.54, 1.807) is 0 Å². The molecular formula is C35H22N2O2. The van der Waals surface area contributed by atoms with Crippen molar-refractivity contribution in [2.75, 3.05) is 0 Å². The summed E-state index contributed by atoms with van der Waals surface area (Å²) in [6, 6.07) is 33.9. The minimum absolute atomic E-state index is 0.0424. The van der Waals surface area contributed by atoms with E-state index in [4.69, 9.17) is 9.40 Å². The first kappa shape index (κ1) is 21.0. The molecule has 0 amide bonds. The van der Waals surface area contributed by atoms with Crippen LogP contribution in [-0.2, 0) is 5.41 Å². The number of benzene rings is 5. The Morgan fingerprint density at radius 2 is 1.38 bits per heavy atom. The molecule has 2 aliphatic rings. The number of para-hydroxylation sites is 1. The number of hydrogen-bond donors (Lipinski definition) is 0. The van der Waals surface area contributed by atoms with E-state index >= 15 is 0 Å². The maximum atomic E-state index is 13.1. The third-order valence-corrected chi connectivity index (χ3v) is 8.79. The van der Waals surface area contributed by atoms with Crippen LogP contribution in [0.5, 0.6) is 0 Å². The van der Waals surface area contributed by atoms with Gasteiger partial charge in [0.2, 0.25) is 0 Å². The fourth-order valence-electron chi connectivity index (χ4n) is 6.90. The fraction of sp³-hybridized carbons (Fsp3) is 0.0857. The molecule has 0 bridgehead atoms. The number of nitrogens with zero attached hydrogens (tertiary/aromatic N) is 2. The Morgan fingerprint density at radius 1 is 0.641 bits per heavy atom. The molecule has 5 aromatic carbocycles. The zero-order valence-electron chi connectivity index (χ0n) is 21.4. The van der Waals surface area contributed by atoms with Crippen LogP contribution < -0.4 is 0 Å². The van der Waals surface area contributed by atoms with Crippen molar-refractivity contribution in [3.8, 4) is 28.3 Å². The lowest BCUT2D eigenvalue weighted by atomic mass is 9.82. The van der Waals surface area contributed by atoms with E-state index in [2.05, 4.69) is 79.1 Å². The van der Waals surface area contributed by atoms with E-state index in [0.717, 1.165) is 33.1 Å². The standard InChI is InChI=1S/C35H22N2O2/c1-35(2)27-13-7-5-10-20(27)24-17-31-25(15-28(24)35)21-11-6-8-14-30(21)37(31)34-36-29-16-26-23(18-32(29)39-34)19-9-3-4-12-22(19)33(26)38/h3-18H,1-2H3. The van der Waals surface area contributed by atoms with E-state index < -0.39 is 0 Å². The Balaban J connectivity index is 1.33. The minimum Gasteiger partial charge on any atom is -0.423 e. The van der Waals surface area contributed by atoms with Crippen molar-refractivity contribution in [1.29, 1.82) is 0 Å². The van der Waals surface area contributed by atoms with E-state index in [0.29, 0.717) is 22.7 Å². The van der Waals surface area contributed by atoms with Crippen LogP contribution >= 0.6 is 0 Å². The molecule has 0 saturated heterocycles. The van der Waals surface area contributed by atoms with Gasteiger partial charge in [-0.1, -0.05) is 80.6 Å². The van der Waals surface area contributed by atoms with Gasteiger partial charge in [0.1, 0.15) is 5.52 Å². The summed E-state index contributed by atoms with van der Waals surface area (Å²) in [5.41, 5.74) is 11.9. The predicted octanol–water partition coefficient (Wildman–Crippen LogP) is 8.44. The van der Waals surface area contributed by atoms with Crippen LogP contribution in [0.2, 0.25) is 0 Å². The molecule has 0 spiro atoms. The zero-order chi connectivity index (χ0) is 26.0. The summed E-state index contributed by atoms with van der Waals surface area (Å²) in [7, 11) is 0. The minimum atomic E-state index is -0.0790. The van der Waals surface area contributed by atoms with Crippen molar-refractivity contribution in [3.63, 3.8) is 0 Å². The Hall–Kier alpha value is -4.96. The van der Waals surface area contributed by atoms with Crippen LogP contribution in [0.15, 0.2) is 101 Å². The van der Waals surface area contributed by atoms with Gasteiger partial charge in [-0.15, -0.1) is 0 Å². The number of fused-ring (bicyclic) bond motifs is 10. The summed E-state index contributed by atoms with van der Waals surface area (Å²) in [5, 5.41) is 2.34. The molecule has 7 aromatic rings. The SMILES string of the molecule is CC1(C)c2ccccc2-c2cc3c(cc21)c1ccccc1n3-c1nc2cc3c(cc2o1)-c1ccccc1C3=O. The van der Waals surface area contributed by atoms with Crippen LogP contribution in [0.1, 0.15) is 40.9 Å². The van der Waals surface area contributed by atoms with Crippen molar-refractivity contribution in [1.82, 2.24) is 9.55 Å². The maximum absolute atomic E-state index is 13.1. The number of oxazole rings is 1. The molecule has 2 heterocycles. The van der Waals surface area contributed by atoms with Gasteiger partial charge in [0.25, 0.3) is 0 Å². The summed E-state index contributed by atoms with van der Waals surface area (Å²) in [6.07, 6.45) is 0. The van der Waals surface area contributed by atoms with Crippen molar-refractivity contribution in [2.45, 2.75) is 19.3 Å². The molecule has 4 heteroatoms. The predicted molar refractivity (Wildman–Crippen MR) is 155 cm³/mol. The first-order chi connectivity index (χ1) is 19.0. The highest BCUT2D eigenvalue weighted by Gasteiger charge is 2.36. The Kier molecular flexibility index (Phi) is 3.73. The molecule has 0 fully saturated rings. The van der Waals surface area contributed by atoms with Crippen molar-refractivity contribution >= 4 is 38.7 Å². The van der Waals surface area contributed by atoms with Crippen molar-refractivity contribution in [3.05, 3.63) is 119 Å². The maximum Gasteiger partial charge on any atom is 0.307 e. The first-order valence-electron chi connectivity index (χ1n) is 13.3. The monoisotopic (exact) mass is 502 g/mol. The van der Waals surface area contributed by atoms with Gasteiger partial charge >= 0.3 is 6.01 Å². The molecule has 9 rings (SSSR count). The Morgan fingerprint density at radius 3 is 2.26 bits per heavy atom. The molecule has 0 unspecified atom stereocenters. The third kappa shape index (κ3) is 2.54. The van der Waals surface area contributed by atoms with E-state index in [1.807, 2.05) is 36.4 Å². The summed E-state index contributed by atoms with van der Waals surface area (Å²) in [5.74, 6) is 0.0424. The number of aromatic nitrogens is 2. The number of ketones is 1. The van der Waals surface area contributed by atoms with Crippen LogP contribution in [0.4, 0.5) is 0 Å². The van der Waals surface area contributed by atoms with Crippen LogP contribution in [0.25, 0.3) is 61.2 Å². The van der Waals surface area contributed by atoms with Gasteiger partial charge in [-0.05, 0) is 63.7 Å². The quantitative estimate of drug-likeness (QED) is 0.226. The molecule has 4 nitrogen and oxygen atoms in total. The number of hydrogen-bond acceptors (Lipinski definition) is 3. The highest BCUT2D eigenvalue weighted by Crippen LogP contribution is 2.51. The second-order valence-corrected chi connectivity index (χ2v) is 11.2. The first-order valence-corrected chi connectivity index (χ1v) is 13.3. The second-order valence-electron chi connectivity index (χ2n) is 11.2. The third-order valence-electron chi connectivity index (χ3n) is 8.79. The summed E-state index contributed by atoms with van der Waals surface area (Å²) < 4.78 is 8.60. The highest BCUT2D eigenvalue weighted by molar-refractivity contribution is 6.23. The molecule has 0 saturated carbocycles. The van der Waals surface area contributed by atoms with E-state index in [9.17, 15) is 4.79 Å². The second kappa shape index (κ2) is 6.91. The topological polar surface area (TPSA) is 48.0 Å². The van der Waals surface area contributed by atoms with Crippen molar-refractivity contribution < 1.29 is 9.21 Å². The van der Waals surface area contributed by atoms with Gasteiger partial charge in [0, 0.05) is 27.3 Å². The lowest BCUT2D eigenvalue weighted by molar-refractivity contribution is 0.104. The van der Waals surface area contributed by atoms with Crippen LogP contribution in [0, 0.1) is 0 Å². The molecule has 0 atom stereocenters. The molecule has 2 aromatic heterocycles. The molecule has 0 N–H and O–H groups in total. The number of carbonyl (C=O) groups is 1. The van der Waals surface area contributed by atoms with Crippen molar-refractivity contribution in [2.24, 2.45) is 0 Å². The number of carbonyl (C=O) groups excluding carboxylic acids is 1. The van der Waals surface area contributed by atoms with Gasteiger partial charge in [-0.2, -0.15) is 4.98 Å². The van der Waals surface area contributed by atoms with Gasteiger partial charge < -0.3 is 4.42 Å². The van der Waals surface area contributed by atoms with Crippen LogP contribution in [0.3, 0.4) is 0 Å². The normalized spacial score (nSPS) is 14.7. The fourth-order valence-corrected chi connectivity index (χ4v) is 6.90. The van der Waals surface area contributed by atoms with Crippen LogP contribution in [-0.4, -0.2) is 15.3 Å². The smallest absolute Gasteiger partial charge is 0.307 e. The number of rotatable bonds is 1. The average molecular weight is 503 g/mol. The largest absolute Gasteiger partial charge is 0.423 e. The summed E-state index contributed by atoms with van der Waals surface area (Å²) in [6.45, 7) is 4.62.